The summed E-state index contributed by atoms with van der Waals surface area (Å²) in [5.74, 6) is 2.40. The van der Waals surface area contributed by atoms with Gasteiger partial charge in [-0.2, -0.15) is 5.10 Å². The van der Waals surface area contributed by atoms with Crippen molar-refractivity contribution in [1.29, 1.82) is 0 Å². The fourth-order valence-electron chi connectivity index (χ4n) is 3.71. The largest absolute Gasteiger partial charge is 0.493 e. The van der Waals surface area contributed by atoms with Crippen molar-refractivity contribution in [2.45, 2.75) is 20.4 Å². The summed E-state index contributed by atoms with van der Waals surface area (Å²) >= 11 is 0. The Morgan fingerprint density at radius 2 is 1.44 bits per heavy atom. The van der Waals surface area contributed by atoms with Gasteiger partial charge in [0.15, 0.2) is 11.5 Å². The van der Waals surface area contributed by atoms with E-state index < -0.39 is 0 Å². The van der Waals surface area contributed by atoms with Gasteiger partial charge in [-0.25, -0.2) is 0 Å². The predicted molar refractivity (Wildman–Crippen MR) is 130 cm³/mol. The molecule has 0 aliphatic rings. The van der Waals surface area contributed by atoms with Crippen LogP contribution in [0.5, 0.6) is 11.5 Å². The number of aryl methyl sites for hydroxylation is 3. The van der Waals surface area contributed by atoms with E-state index in [2.05, 4.69) is 67.7 Å². The van der Waals surface area contributed by atoms with Gasteiger partial charge in [0.05, 0.1) is 19.9 Å². The van der Waals surface area contributed by atoms with Crippen molar-refractivity contribution in [2.24, 2.45) is 7.05 Å². The number of nitrogens with one attached hydrogen (secondary N) is 1. The lowest BCUT2D eigenvalue weighted by atomic mass is 9.99. The maximum Gasteiger partial charge on any atom is 0.161 e. The normalized spacial score (nSPS) is 10.8. The van der Waals surface area contributed by atoms with Gasteiger partial charge in [0, 0.05) is 25.2 Å². The van der Waals surface area contributed by atoms with Crippen LogP contribution >= 0.6 is 0 Å². The quantitative estimate of drug-likeness (QED) is 0.393. The van der Waals surface area contributed by atoms with Gasteiger partial charge in [0.2, 0.25) is 0 Å². The van der Waals surface area contributed by atoms with Crippen LogP contribution in [0.2, 0.25) is 0 Å². The molecule has 0 unspecified atom stereocenters. The second-order valence-electron chi connectivity index (χ2n) is 7.96. The highest BCUT2D eigenvalue weighted by Gasteiger charge is 2.09. The number of ether oxygens (including phenoxy) is 2. The van der Waals surface area contributed by atoms with Gasteiger partial charge in [-0.3, -0.25) is 4.68 Å². The molecule has 0 radical (unpaired) electrons. The standard InChI is InChI=1S/C27H29N3O2/c1-18-6-8-23(14-19(18)2)21-9-11-22(12-10-21)24-16-27(30(3)29-24)28-17-20-7-13-25(31-4)26(15-20)32-5/h6-16,28H,17H2,1-5H3. The SMILES string of the molecule is COc1ccc(CNc2cc(-c3ccc(-c4ccc(C)c(C)c4)cc3)nn2C)cc1OC. The molecule has 1 aromatic heterocycles. The Bertz CT molecular complexity index is 1230. The van der Waals surface area contributed by atoms with Crippen LogP contribution in [0.15, 0.2) is 66.7 Å². The van der Waals surface area contributed by atoms with Crippen molar-refractivity contribution in [3.05, 3.63) is 83.4 Å². The minimum atomic E-state index is 0.658. The Morgan fingerprint density at radius 1 is 0.750 bits per heavy atom. The van der Waals surface area contributed by atoms with Gasteiger partial charge in [-0.05, 0) is 53.8 Å². The first-order valence-electron chi connectivity index (χ1n) is 10.7. The van der Waals surface area contributed by atoms with E-state index in [0.717, 1.165) is 34.1 Å². The van der Waals surface area contributed by atoms with Gasteiger partial charge in [-0.1, -0.05) is 48.5 Å². The molecule has 1 N–H and O–H groups in total. The zero-order chi connectivity index (χ0) is 22.7. The number of benzene rings is 3. The Balaban J connectivity index is 1.49. The zero-order valence-corrected chi connectivity index (χ0v) is 19.3. The first-order valence-corrected chi connectivity index (χ1v) is 10.7. The van der Waals surface area contributed by atoms with E-state index in [9.17, 15) is 0 Å². The molecule has 0 spiro atoms. The molecule has 0 aliphatic carbocycles. The van der Waals surface area contributed by atoms with E-state index in [-0.39, 0.29) is 0 Å². The van der Waals surface area contributed by atoms with Crippen LogP contribution in [0.1, 0.15) is 16.7 Å². The lowest BCUT2D eigenvalue weighted by Gasteiger charge is -2.10. The number of nitrogens with zero attached hydrogens (tertiary/aromatic N) is 2. The van der Waals surface area contributed by atoms with E-state index in [1.807, 2.05) is 29.9 Å². The first kappa shape index (κ1) is 21.5. The number of hydrogen-bond donors (Lipinski definition) is 1. The number of methoxy groups -OCH3 is 2. The lowest BCUT2D eigenvalue weighted by molar-refractivity contribution is 0.354. The van der Waals surface area contributed by atoms with Crippen molar-refractivity contribution in [2.75, 3.05) is 19.5 Å². The summed E-state index contributed by atoms with van der Waals surface area (Å²) in [4.78, 5) is 0. The van der Waals surface area contributed by atoms with Crippen molar-refractivity contribution < 1.29 is 9.47 Å². The molecule has 1 heterocycles. The predicted octanol–water partition coefficient (Wildman–Crippen LogP) is 6.00. The molecule has 0 atom stereocenters. The molecule has 3 aromatic carbocycles. The number of hydrogen-bond acceptors (Lipinski definition) is 4. The van der Waals surface area contributed by atoms with Crippen molar-refractivity contribution in [3.8, 4) is 33.9 Å². The van der Waals surface area contributed by atoms with Crippen LogP contribution in [0.4, 0.5) is 5.82 Å². The highest BCUT2D eigenvalue weighted by molar-refractivity contribution is 5.70. The molecule has 0 aliphatic heterocycles. The monoisotopic (exact) mass is 427 g/mol. The smallest absolute Gasteiger partial charge is 0.161 e. The minimum Gasteiger partial charge on any atom is -0.493 e. The summed E-state index contributed by atoms with van der Waals surface area (Å²) in [5, 5.41) is 8.15. The summed E-state index contributed by atoms with van der Waals surface area (Å²) in [6, 6.07) is 23.2. The van der Waals surface area contributed by atoms with Crippen LogP contribution in [-0.2, 0) is 13.6 Å². The third kappa shape index (κ3) is 4.47. The highest BCUT2D eigenvalue weighted by atomic mass is 16.5. The van der Waals surface area contributed by atoms with Crippen molar-refractivity contribution in [3.63, 3.8) is 0 Å². The lowest BCUT2D eigenvalue weighted by Crippen LogP contribution is -2.05. The van der Waals surface area contributed by atoms with Gasteiger partial charge in [0.1, 0.15) is 5.82 Å². The Kier molecular flexibility index (Phi) is 6.17. The molecular weight excluding hydrogens is 398 g/mol. The highest BCUT2D eigenvalue weighted by Crippen LogP contribution is 2.29. The summed E-state index contributed by atoms with van der Waals surface area (Å²) in [6.07, 6.45) is 0. The average molecular weight is 428 g/mol. The van der Waals surface area contributed by atoms with Crippen LogP contribution < -0.4 is 14.8 Å². The Morgan fingerprint density at radius 3 is 2.12 bits per heavy atom. The summed E-state index contributed by atoms with van der Waals surface area (Å²) in [5.41, 5.74) is 8.19. The molecular formula is C27H29N3O2. The zero-order valence-electron chi connectivity index (χ0n) is 19.3. The molecule has 5 nitrogen and oxygen atoms in total. The number of rotatable bonds is 7. The fourth-order valence-corrected chi connectivity index (χ4v) is 3.71. The molecule has 0 saturated heterocycles. The van der Waals surface area contributed by atoms with Crippen molar-refractivity contribution in [1.82, 2.24) is 9.78 Å². The maximum atomic E-state index is 5.40. The summed E-state index contributed by atoms with van der Waals surface area (Å²) < 4.78 is 12.6. The second-order valence-corrected chi connectivity index (χ2v) is 7.96. The third-order valence-corrected chi connectivity index (χ3v) is 5.82. The molecule has 164 valence electrons. The van der Waals surface area contributed by atoms with Crippen LogP contribution in [0, 0.1) is 13.8 Å². The van der Waals surface area contributed by atoms with Crippen molar-refractivity contribution >= 4 is 5.82 Å². The first-order chi connectivity index (χ1) is 15.5. The van der Waals surface area contributed by atoms with Crippen LogP contribution in [-0.4, -0.2) is 24.0 Å². The maximum absolute atomic E-state index is 5.40. The van der Waals surface area contributed by atoms with E-state index in [1.165, 1.54) is 22.3 Å². The van der Waals surface area contributed by atoms with E-state index in [0.29, 0.717) is 6.54 Å². The molecule has 32 heavy (non-hydrogen) atoms. The van der Waals surface area contributed by atoms with Crippen LogP contribution in [0.25, 0.3) is 22.4 Å². The molecule has 0 amide bonds. The van der Waals surface area contributed by atoms with Gasteiger partial charge in [-0.15, -0.1) is 0 Å². The van der Waals surface area contributed by atoms with Crippen LogP contribution in [0.3, 0.4) is 0 Å². The second kappa shape index (κ2) is 9.18. The molecule has 0 saturated carbocycles. The molecule has 0 fully saturated rings. The summed E-state index contributed by atoms with van der Waals surface area (Å²) in [6.45, 7) is 4.95. The van der Waals surface area contributed by atoms with E-state index >= 15 is 0 Å². The van der Waals surface area contributed by atoms with Gasteiger partial charge >= 0.3 is 0 Å². The minimum absolute atomic E-state index is 0.658. The van der Waals surface area contributed by atoms with E-state index in [1.54, 1.807) is 14.2 Å². The Labute approximate surface area is 189 Å². The number of anilines is 1. The third-order valence-electron chi connectivity index (χ3n) is 5.82. The molecule has 4 rings (SSSR count). The number of aromatic nitrogens is 2. The molecule has 4 aromatic rings. The van der Waals surface area contributed by atoms with E-state index in [4.69, 9.17) is 14.6 Å². The summed E-state index contributed by atoms with van der Waals surface area (Å²) in [7, 11) is 5.24. The fraction of sp³-hybridized carbons (Fsp3) is 0.222. The average Bonchev–Trinajstić information content (AvgIpc) is 3.19. The molecule has 0 bridgehead atoms. The van der Waals surface area contributed by atoms with Gasteiger partial charge < -0.3 is 14.8 Å². The molecule has 5 heteroatoms. The Hall–Kier alpha value is -3.73. The topological polar surface area (TPSA) is 48.3 Å². The van der Waals surface area contributed by atoms with Gasteiger partial charge in [0.25, 0.3) is 0 Å².